The van der Waals surface area contributed by atoms with E-state index in [1.54, 1.807) is 23.5 Å². The number of nitro benzene ring substituents is 1. The van der Waals surface area contributed by atoms with Crippen molar-refractivity contribution in [3.8, 4) is 0 Å². The topological polar surface area (TPSA) is 117 Å². The number of amidine groups is 2. The van der Waals surface area contributed by atoms with Gasteiger partial charge in [0.2, 0.25) is 5.91 Å². The number of thioether (sulfide) groups is 1. The summed E-state index contributed by atoms with van der Waals surface area (Å²) in [6.07, 6.45) is 0.494. The molecule has 2 aliphatic rings. The minimum absolute atomic E-state index is 0.0269. The molecule has 0 spiro atoms. The second kappa shape index (κ2) is 10.4. The van der Waals surface area contributed by atoms with Gasteiger partial charge >= 0.3 is 0 Å². The molecule has 3 aromatic rings. The van der Waals surface area contributed by atoms with E-state index < -0.39 is 11.0 Å². The largest absolute Gasteiger partial charge is 0.351 e. The van der Waals surface area contributed by atoms with Crippen LogP contribution in [-0.4, -0.2) is 38.7 Å². The van der Waals surface area contributed by atoms with Crippen LogP contribution >= 0.6 is 23.1 Å². The van der Waals surface area contributed by atoms with E-state index in [1.807, 2.05) is 41.8 Å². The van der Waals surface area contributed by atoms with Crippen LogP contribution in [0.3, 0.4) is 0 Å². The molecule has 1 aromatic heterocycles. The number of hydrogen-bond donors (Lipinski definition) is 1. The van der Waals surface area contributed by atoms with Crippen molar-refractivity contribution in [2.24, 2.45) is 9.98 Å². The maximum Gasteiger partial charge on any atom is 0.269 e. The highest BCUT2D eigenvalue weighted by atomic mass is 32.2. The Bertz CT molecular complexity index is 1370. The number of rotatable bonds is 8. The van der Waals surface area contributed by atoms with Crippen molar-refractivity contribution < 1.29 is 14.5 Å². The van der Waals surface area contributed by atoms with E-state index in [2.05, 4.69) is 5.32 Å². The van der Waals surface area contributed by atoms with Crippen molar-refractivity contribution in [2.75, 3.05) is 0 Å². The molecule has 5 rings (SSSR count). The molecule has 1 atom stereocenters. The van der Waals surface area contributed by atoms with Gasteiger partial charge in [-0.25, -0.2) is 9.89 Å². The standard InChI is InChI=1S/C25H21N5O4S2/c31-22(26-14-18-4-3-13-35-18)12-11-21-24(32)29-23(27-21)19-5-1-2-6-20(19)28-25(29)36-15-16-7-9-17(10-8-16)30(33)34/h1-10,13,21H,11-12,14-15H2,(H,26,31)/t21-/m1/s1. The van der Waals surface area contributed by atoms with Crippen LogP contribution in [0.4, 0.5) is 11.4 Å². The predicted octanol–water partition coefficient (Wildman–Crippen LogP) is 4.64. The summed E-state index contributed by atoms with van der Waals surface area (Å²) in [6.45, 7) is 0.471. The van der Waals surface area contributed by atoms with Crippen molar-refractivity contribution in [1.29, 1.82) is 0 Å². The smallest absolute Gasteiger partial charge is 0.269 e. The maximum atomic E-state index is 13.4. The highest BCUT2D eigenvalue weighted by molar-refractivity contribution is 8.13. The van der Waals surface area contributed by atoms with Gasteiger partial charge in [0.05, 0.1) is 17.2 Å². The molecule has 0 unspecified atom stereocenters. The van der Waals surface area contributed by atoms with Gasteiger partial charge in [0.1, 0.15) is 11.9 Å². The zero-order chi connectivity index (χ0) is 25.1. The fraction of sp³-hybridized carbons (Fsp3) is 0.200. The third kappa shape index (κ3) is 5.07. The number of thiophene rings is 1. The van der Waals surface area contributed by atoms with Crippen LogP contribution in [0, 0.1) is 10.1 Å². The molecule has 0 aliphatic carbocycles. The highest BCUT2D eigenvalue weighted by Gasteiger charge is 2.41. The average Bonchev–Trinajstić information content (AvgIpc) is 3.53. The molecular weight excluding hydrogens is 498 g/mol. The van der Waals surface area contributed by atoms with Crippen LogP contribution in [0.15, 0.2) is 76.0 Å². The number of hydrogen-bond acceptors (Lipinski definition) is 8. The van der Waals surface area contributed by atoms with E-state index in [9.17, 15) is 19.7 Å². The van der Waals surface area contributed by atoms with Crippen molar-refractivity contribution >= 4 is 57.3 Å². The van der Waals surface area contributed by atoms with Crippen LogP contribution in [-0.2, 0) is 21.9 Å². The molecule has 0 saturated carbocycles. The molecule has 36 heavy (non-hydrogen) atoms. The van der Waals surface area contributed by atoms with Crippen molar-refractivity contribution in [2.45, 2.75) is 31.2 Å². The number of amides is 2. The first-order valence-corrected chi connectivity index (χ1v) is 13.1. The number of nitrogens with zero attached hydrogens (tertiary/aromatic N) is 4. The molecule has 2 aromatic carbocycles. The number of benzene rings is 2. The number of fused-ring (bicyclic) bond motifs is 3. The van der Waals surface area contributed by atoms with Gasteiger partial charge in [-0.2, -0.15) is 0 Å². The number of carbonyl (C=O) groups is 2. The first-order chi connectivity index (χ1) is 17.5. The molecule has 3 heterocycles. The van der Waals surface area contributed by atoms with Crippen LogP contribution in [0.2, 0.25) is 0 Å². The molecule has 0 saturated heterocycles. The summed E-state index contributed by atoms with van der Waals surface area (Å²) in [5.41, 5.74) is 2.39. The molecule has 9 nitrogen and oxygen atoms in total. The highest BCUT2D eigenvalue weighted by Crippen LogP contribution is 2.35. The number of non-ortho nitro benzene ring substituents is 1. The molecule has 182 valence electrons. The molecule has 0 radical (unpaired) electrons. The van der Waals surface area contributed by atoms with Gasteiger partial charge in [-0.05, 0) is 35.6 Å². The van der Waals surface area contributed by atoms with Crippen LogP contribution in [0.5, 0.6) is 0 Å². The average molecular weight is 520 g/mol. The Morgan fingerprint density at radius 1 is 1.14 bits per heavy atom. The lowest BCUT2D eigenvalue weighted by Gasteiger charge is -2.25. The van der Waals surface area contributed by atoms with Gasteiger partial charge in [-0.1, -0.05) is 42.1 Å². The van der Waals surface area contributed by atoms with E-state index in [0.29, 0.717) is 29.7 Å². The lowest BCUT2D eigenvalue weighted by Crippen LogP contribution is -2.41. The van der Waals surface area contributed by atoms with Crippen molar-refractivity contribution in [3.63, 3.8) is 0 Å². The van der Waals surface area contributed by atoms with Gasteiger partial charge in [0, 0.05) is 34.7 Å². The van der Waals surface area contributed by atoms with Gasteiger partial charge < -0.3 is 5.32 Å². The minimum Gasteiger partial charge on any atom is -0.351 e. The molecule has 0 fully saturated rings. The summed E-state index contributed by atoms with van der Waals surface area (Å²) in [5.74, 6) is 0.690. The minimum atomic E-state index is -0.663. The zero-order valence-corrected chi connectivity index (χ0v) is 20.6. The summed E-state index contributed by atoms with van der Waals surface area (Å²) in [5, 5.41) is 16.3. The SMILES string of the molecule is O=C(CC[C@H]1N=C2c3ccccc3N=C(SCc3ccc([N+](=O)[O-])cc3)N2C1=O)NCc1cccs1. The summed E-state index contributed by atoms with van der Waals surface area (Å²) in [6, 6.07) is 17.1. The number of aliphatic imine (C=N–C) groups is 2. The van der Waals surface area contributed by atoms with Crippen LogP contribution < -0.4 is 5.32 Å². The normalized spacial score (nSPS) is 16.2. The monoisotopic (exact) mass is 519 g/mol. The molecule has 11 heteroatoms. The molecular formula is C25H21N5O4S2. The Kier molecular flexibility index (Phi) is 6.92. The number of carbonyl (C=O) groups excluding carboxylic acids is 2. The van der Waals surface area contributed by atoms with E-state index >= 15 is 0 Å². The second-order valence-electron chi connectivity index (χ2n) is 8.16. The maximum absolute atomic E-state index is 13.4. The summed E-state index contributed by atoms with van der Waals surface area (Å²) >= 11 is 2.95. The summed E-state index contributed by atoms with van der Waals surface area (Å²) < 4.78 is 0. The summed E-state index contributed by atoms with van der Waals surface area (Å²) in [4.78, 5) is 48.2. The number of para-hydroxylation sites is 1. The van der Waals surface area contributed by atoms with E-state index in [-0.39, 0.29) is 23.9 Å². The van der Waals surface area contributed by atoms with E-state index in [4.69, 9.17) is 9.98 Å². The first kappa shape index (κ1) is 23.9. The third-order valence-electron chi connectivity index (χ3n) is 5.75. The fourth-order valence-corrected chi connectivity index (χ4v) is 5.50. The quantitative estimate of drug-likeness (QED) is 0.344. The first-order valence-electron chi connectivity index (χ1n) is 11.2. The van der Waals surface area contributed by atoms with Crippen molar-refractivity contribution in [3.05, 3.63) is 92.2 Å². The molecule has 2 amide bonds. The Hall–Kier alpha value is -3.83. The van der Waals surface area contributed by atoms with Gasteiger partial charge in [-0.3, -0.25) is 24.7 Å². The number of nitro groups is 1. The summed E-state index contributed by atoms with van der Waals surface area (Å²) in [7, 11) is 0. The Morgan fingerprint density at radius 2 is 1.94 bits per heavy atom. The van der Waals surface area contributed by atoms with Crippen molar-refractivity contribution in [1.82, 2.24) is 10.2 Å². The fourth-order valence-electron chi connectivity index (χ4n) is 3.90. The van der Waals surface area contributed by atoms with Gasteiger partial charge in [-0.15, -0.1) is 11.3 Å². The Balaban J connectivity index is 1.28. The lowest BCUT2D eigenvalue weighted by atomic mass is 10.1. The van der Waals surface area contributed by atoms with Crippen LogP contribution in [0.25, 0.3) is 0 Å². The Morgan fingerprint density at radius 3 is 2.69 bits per heavy atom. The lowest BCUT2D eigenvalue weighted by molar-refractivity contribution is -0.384. The number of nitrogens with one attached hydrogen (secondary N) is 1. The molecule has 0 bridgehead atoms. The second-order valence-corrected chi connectivity index (χ2v) is 10.1. The van der Waals surface area contributed by atoms with Gasteiger partial charge in [0.25, 0.3) is 11.6 Å². The molecule has 1 N–H and O–H groups in total. The third-order valence-corrected chi connectivity index (χ3v) is 7.63. The van der Waals surface area contributed by atoms with Crippen LogP contribution in [0.1, 0.15) is 28.8 Å². The zero-order valence-electron chi connectivity index (χ0n) is 19.0. The molecule has 2 aliphatic heterocycles. The Labute approximate surface area is 215 Å². The van der Waals surface area contributed by atoms with E-state index in [1.165, 1.54) is 28.8 Å². The predicted molar refractivity (Wildman–Crippen MR) is 140 cm³/mol. The van der Waals surface area contributed by atoms with E-state index in [0.717, 1.165) is 21.7 Å². The van der Waals surface area contributed by atoms with Gasteiger partial charge in [0.15, 0.2) is 5.17 Å².